The second-order valence-electron chi connectivity index (χ2n) is 7.62. The zero-order valence-electron chi connectivity index (χ0n) is 17.4. The molecule has 0 aliphatic carbocycles. The summed E-state index contributed by atoms with van der Waals surface area (Å²) in [5.74, 6) is 1.21. The molecule has 0 spiro atoms. The minimum Gasteiger partial charge on any atom is -0.508 e. The molecular formula is C27H26N2O. The Kier molecular flexibility index (Phi) is 5.80. The van der Waals surface area contributed by atoms with Gasteiger partial charge in [-0.2, -0.15) is 0 Å². The monoisotopic (exact) mass is 394 g/mol. The summed E-state index contributed by atoms with van der Waals surface area (Å²) in [7, 11) is 2.09. The molecule has 3 heteroatoms. The van der Waals surface area contributed by atoms with Gasteiger partial charge in [0.05, 0.1) is 5.69 Å². The number of likely N-dealkylation sites (N-methyl/N-ethyl adjacent to an activating group) is 1. The summed E-state index contributed by atoms with van der Waals surface area (Å²) in [5, 5.41) is 9.81. The molecule has 150 valence electrons. The normalized spacial score (nSPS) is 10.7. The van der Waals surface area contributed by atoms with E-state index in [2.05, 4.69) is 72.6 Å². The van der Waals surface area contributed by atoms with E-state index in [1.165, 1.54) is 5.56 Å². The van der Waals surface area contributed by atoms with Crippen molar-refractivity contribution in [3.05, 3.63) is 102 Å². The highest BCUT2D eigenvalue weighted by atomic mass is 16.3. The van der Waals surface area contributed by atoms with Gasteiger partial charge < -0.3 is 10.0 Å². The first-order valence-corrected chi connectivity index (χ1v) is 10.2. The maximum atomic E-state index is 9.81. The topological polar surface area (TPSA) is 36.4 Å². The van der Waals surface area contributed by atoms with E-state index < -0.39 is 0 Å². The van der Waals surface area contributed by atoms with Crippen molar-refractivity contribution in [2.24, 2.45) is 0 Å². The Morgan fingerprint density at radius 2 is 1.50 bits per heavy atom. The molecule has 0 aliphatic rings. The minimum atomic E-state index is 0.274. The van der Waals surface area contributed by atoms with Crippen LogP contribution in [0.3, 0.4) is 0 Å². The summed E-state index contributed by atoms with van der Waals surface area (Å²) in [6.07, 6.45) is 0.960. The van der Waals surface area contributed by atoms with Gasteiger partial charge in [-0.25, -0.2) is 4.98 Å². The highest BCUT2D eigenvalue weighted by molar-refractivity contribution is 5.75. The first-order chi connectivity index (χ1) is 14.6. The molecule has 4 aromatic rings. The molecule has 1 heterocycles. The number of aryl methyl sites for hydroxylation is 1. The van der Waals surface area contributed by atoms with Crippen molar-refractivity contribution in [1.82, 2.24) is 4.98 Å². The van der Waals surface area contributed by atoms with Crippen LogP contribution in [-0.4, -0.2) is 23.7 Å². The maximum Gasteiger partial charge on any atom is 0.129 e. The van der Waals surface area contributed by atoms with Crippen LogP contribution < -0.4 is 4.90 Å². The van der Waals surface area contributed by atoms with E-state index in [0.717, 1.165) is 46.7 Å². The highest BCUT2D eigenvalue weighted by Crippen LogP contribution is 2.31. The maximum absolute atomic E-state index is 9.81. The number of hydrogen-bond donors (Lipinski definition) is 1. The molecule has 0 unspecified atom stereocenters. The molecule has 3 nitrogen and oxygen atoms in total. The van der Waals surface area contributed by atoms with Crippen molar-refractivity contribution in [3.8, 4) is 28.1 Å². The summed E-state index contributed by atoms with van der Waals surface area (Å²) in [6, 6.07) is 30.6. The average Bonchev–Trinajstić information content (AvgIpc) is 2.78. The first-order valence-electron chi connectivity index (χ1n) is 10.2. The van der Waals surface area contributed by atoms with Crippen LogP contribution in [0.5, 0.6) is 5.75 Å². The summed E-state index contributed by atoms with van der Waals surface area (Å²) in [6.45, 7) is 2.88. The predicted molar refractivity (Wildman–Crippen MR) is 125 cm³/mol. The molecule has 1 N–H and O–H groups in total. The van der Waals surface area contributed by atoms with E-state index in [1.54, 1.807) is 12.1 Å². The van der Waals surface area contributed by atoms with Gasteiger partial charge in [-0.1, -0.05) is 60.7 Å². The number of rotatable bonds is 6. The Morgan fingerprint density at radius 3 is 2.20 bits per heavy atom. The Balaban J connectivity index is 1.71. The molecule has 0 bridgehead atoms. The van der Waals surface area contributed by atoms with Crippen molar-refractivity contribution in [2.75, 3.05) is 18.5 Å². The van der Waals surface area contributed by atoms with Gasteiger partial charge in [-0.15, -0.1) is 0 Å². The number of aromatic nitrogens is 1. The molecule has 0 fully saturated rings. The number of phenolic OH excluding ortho intramolecular Hbond substituents is 1. The summed E-state index contributed by atoms with van der Waals surface area (Å²) in [5.41, 5.74) is 6.56. The zero-order chi connectivity index (χ0) is 20.9. The molecule has 0 atom stereocenters. The van der Waals surface area contributed by atoms with Crippen LogP contribution in [0.25, 0.3) is 22.4 Å². The molecule has 30 heavy (non-hydrogen) atoms. The Hall–Kier alpha value is -3.59. The molecule has 0 amide bonds. The lowest BCUT2D eigenvalue weighted by Gasteiger charge is -2.21. The fourth-order valence-electron chi connectivity index (χ4n) is 3.64. The van der Waals surface area contributed by atoms with Crippen molar-refractivity contribution in [2.45, 2.75) is 13.3 Å². The van der Waals surface area contributed by atoms with Gasteiger partial charge in [0.25, 0.3) is 0 Å². The van der Waals surface area contributed by atoms with E-state index >= 15 is 0 Å². The second kappa shape index (κ2) is 8.83. The molecular weight excluding hydrogens is 368 g/mol. The van der Waals surface area contributed by atoms with Crippen LogP contribution in [-0.2, 0) is 6.42 Å². The number of anilines is 1. The minimum absolute atomic E-state index is 0.274. The number of benzene rings is 3. The van der Waals surface area contributed by atoms with Crippen LogP contribution in [0.2, 0.25) is 0 Å². The number of pyridine rings is 1. The Morgan fingerprint density at radius 1 is 0.800 bits per heavy atom. The lowest BCUT2D eigenvalue weighted by atomic mass is 10.00. The third-order valence-corrected chi connectivity index (χ3v) is 5.37. The summed E-state index contributed by atoms with van der Waals surface area (Å²) in [4.78, 5) is 7.18. The zero-order valence-corrected chi connectivity index (χ0v) is 17.4. The predicted octanol–water partition coefficient (Wildman–Crippen LogP) is 6.11. The van der Waals surface area contributed by atoms with Crippen molar-refractivity contribution < 1.29 is 5.11 Å². The lowest BCUT2D eigenvalue weighted by molar-refractivity contribution is 0.475. The lowest BCUT2D eigenvalue weighted by Crippen LogP contribution is -2.21. The smallest absolute Gasteiger partial charge is 0.129 e. The summed E-state index contributed by atoms with van der Waals surface area (Å²) < 4.78 is 0. The van der Waals surface area contributed by atoms with E-state index in [-0.39, 0.29) is 5.75 Å². The van der Waals surface area contributed by atoms with Gasteiger partial charge in [-0.05, 0) is 65.9 Å². The quantitative estimate of drug-likeness (QED) is 0.429. The second-order valence-corrected chi connectivity index (χ2v) is 7.62. The molecule has 0 saturated heterocycles. The third kappa shape index (κ3) is 4.52. The first kappa shape index (κ1) is 19.7. The third-order valence-electron chi connectivity index (χ3n) is 5.37. The SMILES string of the molecule is Cc1cc(O)ccc1-c1cc(-c2ccccc2)cc(N(C)CCc2ccccc2)n1. The standard InChI is InChI=1S/C27H26N2O/c1-20-17-24(30)13-14-25(20)26-18-23(22-11-7-4-8-12-22)19-27(28-26)29(2)16-15-21-9-5-3-6-10-21/h3-14,17-19,30H,15-16H2,1-2H3. The van der Waals surface area contributed by atoms with Crippen LogP contribution in [0.15, 0.2) is 91.0 Å². The van der Waals surface area contributed by atoms with Gasteiger partial charge in [0.15, 0.2) is 0 Å². The molecule has 0 saturated carbocycles. The van der Waals surface area contributed by atoms with Crippen molar-refractivity contribution >= 4 is 5.82 Å². The van der Waals surface area contributed by atoms with Gasteiger partial charge in [0.1, 0.15) is 11.6 Å². The van der Waals surface area contributed by atoms with E-state index in [0.29, 0.717) is 0 Å². The molecule has 4 rings (SSSR count). The number of nitrogens with zero attached hydrogens (tertiary/aromatic N) is 2. The van der Waals surface area contributed by atoms with Crippen LogP contribution in [0.1, 0.15) is 11.1 Å². The van der Waals surface area contributed by atoms with E-state index in [4.69, 9.17) is 4.98 Å². The van der Waals surface area contributed by atoms with Crippen LogP contribution in [0.4, 0.5) is 5.82 Å². The molecule has 3 aromatic carbocycles. The Bertz CT molecular complexity index is 1120. The van der Waals surface area contributed by atoms with E-state index in [1.807, 2.05) is 25.1 Å². The Labute approximate surface area is 178 Å². The van der Waals surface area contributed by atoms with Crippen LogP contribution in [0, 0.1) is 6.92 Å². The molecule has 0 radical (unpaired) electrons. The van der Waals surface area contributed by atoms with Gasteiger partial charge in [0, 0.05) is 19.2 Å². The number of phenols is 1. The van der Waals surface area contributed by atoms with Gasteiger partial charge in [-0.3, -0.25) is 0 Å². The van der Waals surface area contributed by atoms with Crippen molar-refractivity contribution in [1.29, 1.82) is 0 Å². The highest BCUT2D eigenvalue weighted by Gasteiger charge is 2.12. The fraction of sp³-hybridized carbons (Fsp3) is 0.148. The number of aromatic hydroxyl groups is 1. The van der Waals surface area contributed by atoms with E-state index in [9.17, 15) is 5.11 Å². The molecule has 1 aromatic heterocycles. The van der Waals surface area contributed by atoms with Crippen molar-refractivity contribution in [3.63, 3.8) is 0 Å². The largest absolute Gasteiger partial charge is 0.508 e. The van der Waals surface area contributed by atoms with Gasteiger partial charge in [0.2, 0.25) is 0 Å². The fourth-order valence-corrected chi connectivity index (χ4v) is 3.64. The molecule has 0 aliphatic heterocycles. The summed E-state index contributed by atoms with van der Waals surface area (Å²) >= 11 is 0. The van der Waals surface area contributed by atoms with Gasteiger partial charge >= 0.3 is 0 Å². The number of hydrogen-bond acceptors (Lipinski definition) is 3. The average molecular weight is 395 g/mol. The van der Waals surface area contributed by atoms with Crippen LogP contribution >= 0.6 is 0 Å².